The molecule has 3 nitrogen and oxygen atoms in total. The summed E-state index contributed by atoms with van der Waals surface area (Å²) in [7, 11) is 1.41. The second-order valence-corrected chi connectivity index (χ2v) is 5.40. The van der Waals surface area contributed by atoms with E-state index in [0.29, 0.717) is 5.25 Å². The highest BCUT2D eigenvalue weighted by Gasteiger charge is 2.40. The van der Waals surface area contributed by atoms with Crippen LogP contribution in [0, 0.1) is 0 Å². The largest absolute Gasteiger partial charge is 0.468 e. The molecule has 0 amide bonds. The summed E-state index contributed by atoms with van der Waals surface area (Å²) in [6.07, 6.45) is 3.73. The highest BCUT2D eigenvalue weighted by Crippen LogP contribution is 2.34. The van der Waals surface area contributed by atoms with Crippen LogP contribution in [-0.2, 0) is 9.53 Å². The molecular weight excluding hydrogens is 198 g/mol. The van der Waals surface area contributed by atoms with Crippen molar-refractivity contribution in [2.75, 3.05) is 12.9 Å². The maximum Gasteiger partial charge on any atom is 0.325 e. The predicted molar refractivity (Wildman–Crippen MR) is 59.3 cm³/mol. The van der Waals surface area contributed by atoms with Gasteiger partial charge in [0.2, 0.25) is 0 Å². The Balaban J connectivity index is 2.57. The Morgan fingerprint density at radius 3 is 3.00 bits per heavy atom. The van der Waals surface area contributed by atoms with E-state index in [1.807, 2.05) is 11.8 Å². The second kappa shape index (κ2) is 5.03. The molecule has 82 valence electrons. The average Bonchev–Trinajstić information content (AvgIpc) is 2.17. The first-order valence-electron chi connectivity index (χ1n) is 5.11. The standard InChI is InChI=1S/C10H19NO2S/c1-3-14-8-5-4-6-10(11,7-8)9(12)13-2/h8H,3-7,11H2,1-2H3. The van der Waals surface area contributed by atoms with E-state index in [2.05, 4.69) is 6.92 Å². The number of nitrogens with two attached hydrogens (primary N) is 1. The van der Waals surface area contributed by atoms with Gasteiger partial charge in [-0.25, -0.2) is 0 Å². The fraction of sp³-hybridized carbons (Fsp3) is 0.900. The molecule has 1 aliphatic rings. The Labute approximate surface area is 89.8 Å². The second-order valence-electron chi connectivity index (χ2n) is 3.82. The van der Waals surface area contributed by atoms with Crippen LogP contribution in [0.1, 0.15) is 32.6 Å². The molecule has 0 aromatic rings. The third kappa shape index (κ3) is 2.64. The van der Waals surface area contributed by atoms with Gasteiger partial charge >= 0.3 is 5.97 Å². The van der Waals surface area contributed by atoms with Crippen molar-refractivity contribution in [3.63, 3.8) is 0 Å². The van der Waals surface area contributed by atoms with Gasteiger partial charge in [-0.05, 0) is 31.4 Å². The van der Waals surface area contributed by atoms with Crippen LogP contribution in [0.4, 0.5) is 0 Å². The van der Waals surface area contributed by atoms with Crippen molar-refractivity contribution in [2.45, 2.75) is 43.4 Å². The van der Waals surface area contributed by atoms with Crippen molar-refractivity contribution in [1.29, 1.82) is 0 Å². The summed E-state index contributed by atoms with van der Waals surface area (Å²) < 4.78 is 4.75. The average molecular weight is 217 g/mol. The number of hydrogen-bond donors (Lipinski definition) is 1. The number of thioether (sulfide) groups is 1. The molecule has 1 aliphatic carbocycles. The van der Waals surface area contributed by atoms with E-state index in [-0.39, 0.29) is 5.97 Å². The maximum absolute atomic E-state index is 11.5. The molecule has 0 heterocycles. The maximum atomic E-state index is 11.5. The normalized spacial score (nSPS) is 32.6. The van der Waals surface area contributed by atoms with E-state index in [4.69, 9.17) is 10.5 Å². The van der Waals surface area contributed by atoms with Gasteiger partial charge in [-0.15, -0.1) is 0 Å². The molecule has 0 aromatic carbocycles. The molecule has 0 aromatic heterocycles. The van der Waals surface area contributed by atoms with Gasteiger partial charge in [-0.3, -0.25) is 4.79 Å². The number of hydrogen-bond acceptors (Lipinski definition) is 4. The molecule has 4 heteroatoms. The number of methoxy groups -OCH3 is 1. The summed E-state index contributed by atoms with van der Waals surface area (Å²) in [6.45, 7) is 2.13. The molecule has 0 spiro atoms. The molecule has 1 rings (SSSR count). The molecule has 0 saturated heterocycles. The SMILES string of the molecule is CCSC1CCCC(N)(C(=O)OC)C1. The van der Waals surface area contributed by atoms with E-state index in [1.165, 1.54) is 13.5 Å². The number of rotatable bonds is 3. The number of carbonyl (C=O) groups excluding carboxylic acids is 1. The van der Waals surface area contributed by atoms with Crippen molar-refractivity contribution >= 4 is 17.7 Å². The van der Waals surface area contributed by atoms with Gasteiger partial charge in [0.25, 0.3) is 0 Å². The van der Waals surface area contributed by atoms with Gasteiger partial charge < -0.3 is 10.5 Å². The van der Waals surface area contributed by atoms with Crippen LogP contribution in [0.3, 0.4) is 0 Å². The van der Waals surface area contributed by atoms with Gasteiger partial charge in [-0.1, -0.05) is 6.92 Å². The van der Waals surface area contributed by atoms with Crippen molar-refractivity contribution in [3.05, 3.63) is 0 Å². The highest BCUT2D eigenvalue weighted by molar-refractivity contribution is 7.99. The molecular formula is C10H19NO2S. The van der Waals surface area contributed by atoms with E-state index in [1.54, 1.807) is 0 Å². The zero-order valence-corrected chi connectivity index (χ0v) is 9.73. The van der Waals surface area contributed by atoms with E-state index < -0.39 is 5.54 Å². The summed E-state index contributed by atoms with van der Waals surface area (Å²) in [5.41, 5.74) is 5.32. The summed E-state index contributed by atoms with van der Waals surface area (Å²) >= 11 is 1.89. The van der Waals surface area contributed by atoms with Crippen LogP contribution in [0.2, 0.25) is 0 Å². The minimum atomic E-state index is -0.722. The molecule has 0 aliphatic heterocycles. The van der Waals surface area contributed by atoms with Crippen LogP contribution in [0.15, 0.2) is 0 Å². The Hall–Kier alpha value is -0.220. The smallest absolute Gasteiger partial charge is 0.325 e. The minimum Gasteiger partial charge on any atom is -0.468 e. The first-order valence-corrected chi connectivity index (χ1v) is 6.16. The van der Waals surface area contributed by atoms with Crippen molar-refractivity contribution in [2.24, 2.45) is 5.73 Å². The third-order valence-electron chi connectivity index (χ3n) is 2.74. The monoisotopic (exact) mass is 217 g/mol. The van der Waals surface area contributed by atoms with E-state index in [0.717, 1.165) is 25.0 Å². The highest BCUT2D eigenvalue weighted by atomic mass is 32.2. The van der Waals surface area contributed by atoms with Crippen LogP contribution >= 0.6 is 11.8 Å². The summed E-state index contributed by atoms with van der Waals surface area (Å²) in [5, 5.41) is 0.526. The lowest BCUT2D eigenvalue weighted by atomic mass is 9.82. The fourth-order valence-electron chi connectivity index (χ4n) is 2.02. The van der Waals surface area contributed by atoms with Crippen LogP contribution < -0.4 is 5.73 Å². The first kappa shape index (κ1) is 11.9. The topological polar surface area (TPSA) is 52.3 Å². The Morgan fingerprint density at radius 1 is 1.71 bits per heavy atom. The summed E-state index contributed by atoms with van der Waals surface area (Å²) in [4.78, 5) is 11.5. The van der Waals surface area contributed by atoms with Gasteiger partial charge in [0.15, 0.2) is 0 Å². The zero-order valence-electron chi connectivity index (χ0n) is 8.91. The van der Waals surface area contributed by atoms with Gasteiger partial charge in [0, 0.05) is 5.25 Å². The van der Waals surface area contributed by atoms with Crippen LogP contribution in [0.5, 0.6) is 0 Å². The van der Waals surface area contributed by atoms with Crippen molar-refractivity contribution in [1.82, 2.24) is 0 Å². The number of ether oxygens (including phenoxy) is 1. The molecule has 1 fully saturated rings. The van der Waals surface area contributed by atoms with Gasteiger partial charge in [-0.2, -0.15) is 11.8 Å². The third-order valence-corrected chi connectivity index (χ3v) is 3.94. The number of carbonyl (C=O) groups is 1. The molecule has 1 saturated carbocycles. The van der Waals surface area contributed by atoms with Gasteiger partial charge in [0.1, 0.15) is 5.54 Å². The molecule has 0 bridgehead atoms. The lowest BCUT2D eigenvalue weighted by Gasteiger charge is -2.35. The Bertz CT molecular complexity index is 208. The van der Waals surface area contributed by atoms with Crippen LogP contribution in [0.25, 0.3) is 0 Å². The minimum absolute atomic E-state index is 0.251. The van der Waals surface area contributed by atoms with Crippen molar-refractivity contribution in [3.8, 4) is 0 Å². The molecule has 2 atom stereocenters. The first-order chi connectivity index (χ1) is 6.62. The summed E-state index contributed by atoms with van der Waals surface area (Å²) in [6, 6.07) is 0. The molecule has 14 heavy (non-hydrogen) atoms. The lowest BCUT2D eigenvalue weighted by molar-refractivity contribution is -0.148. The molecule has 0 radical (unpaired) electrons. The zero-order chi connectivity index (χ0) is 10.6. The molecule has 2 unspecified atom stereocenters. The van der Waals surface area contributed by atoms with Crippen molar-refractivity contribution < 1.29 is 9.53 Å². The van der Waals surface area contributed by atoms with E-state index in [9.17, 15) is 4.79 Å². The lowest BCUT2D eigenvalue weighted by Crippen LogP contribution is -2.52. The van der Waals surface area contributed by atoms with Gasteiger partial charge in [0.05, 0.1) is 7.11 Å². The number of esters is 1. The van der Waals surface area contributed by atoms with Crippen LogP contribution in [-0.4, -0.2) is 29.6 Å². The Morgan fingerprint density at radius 2 is 2.43 bits per heavy atom. The quantitative estimate of drug-likeness (QED) is 0.729. The predicted octanol–water partition coefficient (Wildman–Crippen LogP) is 1.55. The fourth-order valence-corrected chi connectivity index (χ4v) is 3.24. The Kier molecular flexibility index (Phi) is 4.26. The van der Waals surface area contributed by atoms with E-state index >= 15 is 0 Å². The summed E-state index contributed by atoms with van der Waals surface area (Å²) in [5.74, 6) is 0.834. The molecule has 2 N–H and O–H groups in total.